The smallest absolute Gasteiger partial charge is 0.221 e. The van der Waals surface area contributed by atoms with Crippen molar-refractivity contribution in [3.63, 3.8) is 0 Å². The second kappa shape index (κ2) is 6.49. The van der Waals surface area contributed by atoms with Gasteiger partial charge in [0.2, 0.25) is 5.88 Å². The molecule has 21 heavy (non-hydrogen) atoms. The summed E-state index contributed by atoms with van der Waals surface area (Å²) in [6.07, 6.45) is 3.73. The Balaban J connectivity index is 2.13. The summed E-state index contributed by atoms with van der Waals surface area (Å²) in [5, 5.41) is 0.488. The average molecular weight is 312 g/mol. The van der Waals surface area contributed by atoms with Crippen molar-refractivity contribution in [2.24, 2.45) is 0 Å². The molecule has 0 bridgehead atoms. The third kappa shape index (κ3) is 4.07. The van der Waals surface area contributed by atoms with Gasteiger partial charge in [-0.05, 0) is 33.4 Å². The Morgan fingerprint density at radius 2 is 2.00 bits per heavy atom. The first-order chi connectivity index (χ1) is 9.79. The quantitative estimate of drug-likeness (QED) is 0.799. The minimum Gasteiger partial charge on any atom is -0.476 e. The molecule has 1 aromatic rings. The number of ether oxygens (including phenoxy) is 1. The molecule has 1 aliphatic rings. The summed E-state index contributed by atoms with van der Waals surface area (Å²) >= 11 is 6.23. The van der Waals surface area contributed by atoms with Gasteiger partial charge in [-0.3, -0.25) is 0 Å². The van der Waals surface area contributed by atoms with Crippen LogP contribution in [0.15, 0.2) is 0 Å². The van der Waals surface area contributed by atoms with Crippen molar-refractivity contribution in [1.29, 1.82) is 0 Å². The number of rotatable bonds is 3. The van der Waals surface area contributed by atoms with Crippen LogP contribution < -0.4 is 4.74 Å². The monoisotopic (exact) mass is 311 g/mol. The SMILES string of the molecule is Cc1c(Cl)nc(C(C)(C)C)nc1OCC1CCCCN1C. The molecule has 0 amide bonds. The Bertz CT molecular complexity index is 499. The molecule has 4 nitrogen and oxygen atoms in total. The van der Waals surface area contributed by atoms with E-state index in [9.17, 15) is 0 Å². The maximum absolute atomic E-state index is 6.23. The van der Waals surface area contributed by atoms with Crippen molar-refractivity contribution in [1.82, 2.24) is 14.9 Å². The van der Waals surface area contributed by atoms with Gasteiger partial charge in [0, 0.05) is 17.0 Å². The van der Waals surface area contributed by atoms with Crippen LogP contribution in [0.25, 0.3) is 0 Å². The third-order valence-corrected chi connectivity index (χ3v) is 4.41. The van der Waals surface area contributed by atoms with Crippen LogP contribution in [0.1, 0.15) is 51.4 Å². The average Bonchev–Trinajstić information content (AvgIpc) is 2.40. The van der Waals surface area contributed by atoms with Crippen LogP contribution in [0, 0.1) is 6.92 Å². The van der Waals surface area contributed by atoms with Gasteiger partial charge >= 0.3 is 0 Å². The van der Waals surface area contributed by atoms with Crippen LogP contribution in [0.2, 0.25) is 5.15 Å². The Kier molecular flexibility index (Phi) is 5.10. The Morgan fingerprint density at radius 1 is 1.29 bits per heavy atom. The van der Waals surface area contributed by atoms with E-state index in [4.69, 9.17) is 16.3 Å². The molecule has 1 fully saturated rings. The van der Waals surface area contributed by atoms with Gasteiger partial charge in [-0.1, -0.05) is 38.8 Å². The highest BCUT2D eigenvalue weighted by molar-refractivity contribution is 6.30. The standard InChI is InChI=1S/C16H26ClN3O/c1-11-13(17)18-15(16(2,3)4)19-14(11)21-10-12-8-6-7-9-20(12)5/h12H,6-10H2,1-5H3. The highest BCUT2D eigenvalue weighted by atomic mass is 35.5. The summed E-state index contributed by atoms with van der Waals surface area (Å²) < 4.78 is 5.99. The van der Waals surface area contributed by atoms with Crippen molar-refractivity contribution >= 4 is 11.6 Å². The number of aromatic nitrogens is 2. The minimum absolute atomic E-state index is 0.142. The van der Waals surface area contributed by atoms with Gasteiger partial charge in [-0.25, -0.2) is 4.98 Å². The number of nitrogens with zero attached hydrogens (tertiary/aromatic N) is 3. The third-order valence-electron chi connectivity index (χ3n) is 4.05. The molecule has 1 aromatic heterocycles. The fourth-order valence-corrected chi connectivity index (χ4v) is 2.64. The van der Waals surface area contributed by atoms with Gasteiger partial charge in [0.05, 0.1) is 0 Å². The molecule has 1 saturated heterocycles. The fourth-order valence-electron chi connectivity index (χ4n) is 2.48. The van der Waals surface area contributed by atoms with Crippen LogP contribution >= 0.6 is 11.6 Å². The zero-order chi connectivity index (χ0) is 15.6. The topological polar surface area (TPSA) is 38.3 Å². The number of likely N-dealkylation sites (N-methyl/N-ethyl adjacent to an activating group) is 1. The Labute approximate surface area is 132 Å². The van der Waals surface area contributed by atoms with Gasteiger partial charge in [-0.2, -0.15) is 4.98 Å². The molecular weight excluding hydrogens is 286 g/mol. The molecular formula is C16H26ClN3O. The first-order valence-electron chi connectivity index (χ1n) is 7.66. The summed E-state index contributed by atoms with van der Waals surface area (Å²) in [7, 11) is 2.16. The molecule has 0 radical (unpaired) electrons. The summed E-state index contributed by atoms with van der Waals surface area (Å²) in [5.74, 6) is 1.35. The molecule has 5 heteroatoms. The first kappa shape index (κ1) is 16.5. The molecule has 2 heterocycles. The summed E-state index contributed by atoms with van der Waals surface area (Å²) in [5.41, 5.74) is 0.681. The van der Waals surface area contributed by atoms with Crippen LogP contribution in [0.4, 0.5) is 0 Å². The van der Waals surface area contributed by atoms with Gasteiger partial charge < -0.3 is 9.64 Å². The van der Waals surface area contributed by atoms with Crippen molar-refractivity contribution < 1.29 is 4.74 Å². The molecule has 2 rings (SSSR count). The molecule has 118 valence electrons. The van der Waals surface area contributed by atoms with Crippen LogP contribution in [0.5, 0.6) is 5.88 Å². The van der Waals surface area contributed by atoms with Crippen molar-refractivity contribution in [2.45, 2.75) is 58.4 Å². The van der Waals surface area contributed by atoms with E-state index in [2.05, 4.69) is 42.7 Å². The predicted octanol–water partition coefficient (Wildman–Crippen LogP) is 3.60. The molecule has 0 N–H and O–H groups in total. The molecule has 1 atom stereocenters. The van der Waals surface area contributed by atoms with E-state index >= 15 is 0 Å². The number of halogens is 1. The largest absolute Gasteiger partial charge is 0.476 e. The second-order valence-electron chi connectivity index (χ2n) is 6.96. The normalized spacial score (nSPS) is 20.6. The lowest BCUT2D eigenvalue weighted by Crippen LogP contribution is -2.40. The van der Waals surface area contributed by atoms with Gasteiger partial charge in [0.15, 0.2) is 0 Å². The lowest BCUT2D eigenvalue weighted by molar-refractivity contribution is 0.122. The number of hydrogen-bond acceptors (Lipinski definition) is 4. The van der Waals surface area contributed by atoms with E-state index in [1.807, 2.05) is 6.92 Å². The second-order valence-corrected chi connectivity index (χ2v) is 7.32. The summed E-state index contributed by atoms with van der Waals surface area (Å²) in [6.45, 7) is 9.94. The lowest BCUT2D eigenvalue weighted by Gasteiger charge is -2.32. The van der Waals surface area contributed by atoms with E-state index in [0.29, 0.717) is 23.7 Å². The van der Waals surface area contributed by atoms with E-state index in [1.54, 1.807) is 0 Å². The highest BCUT2D eigenvalue weighted by Gasteiger charge is 2.23. The predicted molar refractivity (Wildman–Crippen MR) is 86.2 cm³/mol. The van der Waals surface area contributed by atoms with E-state index in [1.165, 1.54) is 19.3 Å². The molecule has 0 spiro atoms. The van der Waals surface area contributed by atoms with Crippen LogP contribution in [0.3, 0.4) is 0 Å². The molecule has 1 unspecified atom stereocenters. The maximum Gasteiger partial charge on any atom is 0.221 e. The zero-order valence-corrected chi connectivity index (χ0v) is 14.5. The van der Waals surface area contributed by atoms with Gasteiger partial charge in [0.1, 0.15) is 17.6 Å². The molecule has 0 saturated carbocycles. The van der Waals surface area contributed by atoms with E-state index < -0.39 is 0 Å². The van der Waals surface area contributed by atoms with Crippen LogP contribution in [-0.4, -0.2) is 41.1 Å². The fraction of sp³-hybridized carbons (Fsp3) is 0.750. The summed E-state index contributed by atoms with van der Waals surface area (Å²) in [4.78, 5) is 11.3. The minimum atomic E-state index is -0.142. The zero-order valence-electron chi connectivity index (χ0n) is 13.7. The van der Waals surface area contributed by atoms with Crippen molar-refractivity contribution in [3.05, 3.63) is 16.5 Å². The van der Waals surface area contributed by atoms with E-state index in [0.717, 1.165) is 17.9 Å². The van der Waals surface area contributed by atoms with E-state index in [-0.39, 0.29) is 5.41 Å². The Hall–Kier alpha value is -0.870. The maximum atomic E-state index is 6.23. The number of hydrogen-bond donors (Lipinski definition) is 0. The van der Waals surface area contributed by atoms with Gasteiger partial charge in [-0.15, -0.1) is 0 Å². The number of piperidine rings is 1. The van der Waals surface area contributed by atoms with Crippen molar-refractivity contribution in [2.75, 3.05) is 20.2 Å². The van der Waals surface area contributed by atoms with Crippen molar-refractivity contribution in [3.8, 4) is 5.88 Å². The number of likely N-dealkylation sites (tertiary alicyclic amines) is 1. The highest BCUT2D eigenvalue weighted by Crippen LogP contribution is 2.28. The van der Waals surface area contributed by atoms with Gasteiger partial charge in [0.25, 0.3) is 0 Å². The summed E-state index contributed by atoms with van der Waals surface area (Å²) in [6, 6.07) is 0.463. The lowest BCUT2D eigenvalue weighted by atomic mass is 9.96. The van der Waals surface area contributed by atoms with Crippen LogP contribution in [-0.2, 0) is 5.41 Å². The Morgan fingerprint density at radius 3 is 2.62 bits per heavy atom. The molecule has 0 aliphatic carbocycles. The first-order valence-corrected chi connectivity index (χ1v) is 8.04. The molecule has 0 aromatic carbocycles. The molecule has 1 aliphatic heterocycles.